The van der Waals surface area contributed by atoms with Gasteiger partial charge < -0.3 is 15.4 Å². The predicted molar refractivity (Wildman–Crippen MR) is 71.9 cm³/mol. The van der Waals surface area contributed by atoms with Crippen molar-refractivity contribution in [3.63, 3.8) is 0 Å². The summed E-state index contributed by atoms with van der Waals surface area (Å²) < 4.78 is 0. The fourth-order valence-corrected chi connectivity index (χ4v) is 2.03. The first-order chi connectivity index (χ1) is 9.11. The lowest BCUT2D eigenvalue weighted by Gasteiger charge is -2.11. The van der Waals surface area contributed by atoms with Crippen LogP contribution in [0.3, 0.4) is 0 Å². The summed E-state index contributed by atoms with van der Waals surface area (Å²) in [6.45, 7) is 1.73. The van der Waals surface area contributed by atoms with E-state index in [1.807, 2.05) is 24.3 Å². The second-order valence-electron chi connectivity index (χ2n) is 4.40. The van der Waals surface area contributed by atoms with Gasteiger partial charge in [-0.3, -0.25) is 4.79 Å². The van der Waals surface area contributed by atoms with E-state index in [0.29, 0.717) is 6.42 Å². The number of carboxylic acid groups (broad SMARTS) is 1. The molecular formula is C14H16N2O3. The van der Waals surface area contributed by atoms with E-state index in [-0.39, 0.29) is 12.3 Å². The van der Waals surface area contributed by atoms with Crippen LogP contribution in [-0.2, 0) is 16.0 Å². The largest absolute Gasteiger partial charge is 0.480 e. The summed E-state index contributed by atoms with van der Waals surface area (Å²) in [6, 6.07) is 6.87. The first kappa shape index (κ1) is 13.1. The third kappa shape index (κ3) is 2.93. The number of aromatic nitrogens is 1. The molecule has 5 heteroatoms. The zero-order valence-electron chi connectivity index (χ0n) is 10.6. The number of aromatic amines is 1. The molecule has 0 radical (unpaired) electrons. The lowest BCUT2D eigenvalue weighted by Crippen LogP contribution is -2.40. The van der Waals surface area contributed by atoms with Crippen molar-refractivity contribution >= 4 is 22.8 Å². The highest BCUT2D eigenvalue weighted by Gasteiger charge is 2.18. The van der Waals surface area contributed by atoms with E-state index in [2.05, 4.69) is 10.3 Å². The van der Waals surface area contributed by atoms with Gasteiger partial charge in [-0.1, -0.05) is 25.1 Å². The van der Waals surface area contributed by atoms with Crippen molar-refractivity contribution in [1.82, 2.24) is 10.3 Å². The lowest BCUT2D eigenvalue weighted by molar-refractivity contribution is -0.141. The van der Waals surface area contributed by atoms with Crippen LogP contribution in [0.5, 0.6) is 0 Å². The molecule has 19 heavy (non-hydrogen) atoms. The van der Waals surface area contributed by atoms with Crippen molar-refractivity contribution in [2.45, 2.75) is 25.8 Å². The van der Waals surface area contributed by atoms with Crippen molar-refractivity contribution in [1.29, 1.82) is 0 Å². The zero-order chi connectivity index (χ0) is 13.8. The molecule has 3 N–H and O–H groups in total. The van der Waals surface area contributed by atoms with E-state index in [1.165, 1.54) is 0 Å². The van der Waals surface area contributed by atoms with Crippen LogP contribution in [0.25, 0.3) is 10.9 Å². The molecule has 1 atom stereocenters. The SMILES string of the molecule is CCC(NC(=O)Cc1c[nH]c2ccccc12)C(=O)O. The summed E-state index contributed by atoms with van der Waals surface area (Å²) in [5.41, 5.74) is 1.84. The van der Waals surface area contributed by atoms with Crippen LogP contribution in [0.1, 0.15) is 18.9 Å². The summed E-state index contributed by atoms with van der Waals surface area (Å²) >= 11 is 0. The topological polar surface area (TPSA) is 82.2 Å². The quantitative estimate of drug-likeness (QED) is 0.765. The van der Waals surface area contributed by atoms with Gasteiger partial charge in [-0.2, -0.15) is 0 Å². The van der Waals surface area contributed by atoms with Crippen molar-refractivity contribution in [2.24, 2.45) is 0 Å². The van der Waals surface area contributed by atoms with E-state index in [4.69, 9.17) is 5.11 Å². The minimum Gasteiger partial charge on any atom is -0.480 e. The lowest BCUT2D eigenvalue weighted by atomic mass is 10.1. The Morgan fingerprint density at radius 2 is 2.11 bits per heavy atom. The van der Waals surface area contributed by atoms with Crippen LogP contribution in [0.15, 0.2) is 30.5 Å². The van der Waals surface area contributed by atoms with Gasteiger partial charge in [-0.25, -0.2) is 4.79 Å². The third-order valence-corrected chi connectivity index (χ3v) is 3.07. The molecule has 1 aromatic heterocycles. The number of hydrogen-bond donors (Lipinski definition) is 3. The van der Waals surface area contributed by atoms with Crippen LogP contribution >= 0.6 is 0 Å². The van der Waals surface area contributed by atoms with E-state index >= 15 is 0 Å². The molecule has 2 aromatic rings. The van der Waals surface area contributed by atoms with E-state index < -0.39 is 12.0 Å². The molecular weight excluding hydrogens is 244 g/mol. The van der Waals surface area contributed by atoms with Crippen LogP contribution in [0.4, 0.5) is 0 Å². The fraction of sp³-hybridized carbons (Fsp3) is 0.286. The van der Waals surface area contributed by atoms with Crippen molar-refractivity contribution in [3.8, 4) is 0 Å². The van der Waals surface area contributed by atoms with Crippen LogP contribution < -0.4 is 5.32 Å². The number of amides is 1. The minimum absolute atomic E-state index is 0.174. The predicted octanol–water partition coefficient (Wildman–Crippen LogP) is 1.69. The molecule has 0 fully saturated rings. The van der Waals surface area contributed by atoms with Crippen LogP contribution in [-0.4, -0.2) is 28.0 Å². The van der Waals surface area contributed by atoms with Gasteiger partial charge in [-0.15, -0.1) is 0 Å². The molecule has 0 spiro atoms. The van der Waals surface area contributed by atoms with Gasteiger partial charge in [0.2, 0.25) is 5.91 Å². The molecule has 0 bridgehead atoms. The van der Waals surface area contributed by atoms with Gasteiger partial charge >= 0.3 is 5.97 Å². The molecule has 1 aromatic carbocycles. The summed E-state index contributed by atoms with van der Waals surface area (Å²) in [5.74, 6) is -1.28. The maximum absolute atomic E-state index is 11.8. The first-order valence-corrected chi connectivity index (χ1v) is 6.19. The summed E-state index contributed by atoms with van der Waals surface area (Å²) in [6.07, 6.45) is 2.33. The van der Waals surface area contributed by atoms with Gasteiger partial charge in [-0.05, 0) is 18.1 Å². The van der Waals surface area contributed by atoms with Gasteiger partial charge in [0.1, 0.15) is 6.04 Å². The number of carboxylic acids is 1. The smallest absolute Gasteiger partial charge is 0.326 e. The van der Waals surface area contributed by atoms with Crippen molar-refractivity contribution < 1.29 is 14.7 Å². The Hall–Kier alpha value is -2.30. The summed E-state index contributed by atoms with van der Waals surface area (Å²) in [7, 11) is 0. The first-order valence-electron chi connectivity index (χ1n) is 6.19. The number of para-hydroxylation sites is 1. The Balaban J connectivity index is 2.09. The highest BCUT2D eigenvalue weighted by atomic mass is 16.4. The normalized spacial score (nSPS) is 12.3. The van der Waals surface area contributed by atoms with Gasteiger partial charge in [0.25, 0.3) is 0 Å². The van der Waals surface area contributed by atoms with Crippen LogP contribution in [0, 0.1) is 0 Å². The van der Waals surface area contributed by atoms with Crippen LogP contribution in [0.2, 0.25) is 0 Å². The molecule has 1 amide bonds. The molecule has 100 valence electrons. The molecule has 0 aliphatic carbocycles. The number of nitrogens with one attached hydrogen (secondary N) is 2. The van der Waals surface area contributed by atoms with Crippen molar-refractivity contribution in [3.05, 3.63) is 36.0 Å². The number of hydrogen-bond acceptors (Lipinski definition) is 2. The summed E-state index contributed by atoms with van der Waals surface area (Å²) in [5, 5.41) is 12.4. The van der Waals surface area contributed by atoms with E-state index in [9.17, 15) is 9.59 Å². The second-order valence-corrected chi connectivity index (χ2v) is 4.40. The molecule has 1 heterocycles. The summed E-state index contributed by atoms with van der Waals surface area (Å²) in [4.78, 5) is 25.8. The Morgan fingerprint density at radius 3 is 2.79 bits per heavy atom. The number of carbonyl (C=O) groups excluding carboxylic acids is 1. The monoisotopic (exact) mass is 260 g/mol. The molecule has 5 nitrogen and oxygen atoms in total. The van der Waals surface area contributed by atoms with E-state index in [1.54, 1.807) is 13.1 Å². The van der Waals surface area contributed by atoms with Gasteiger partial charge in [0.15, 0.2) is 0 Å². The van der Waals surface area contributed by atoms with Gasteiger partial charge in [0.05, 0.1) is 6.42 Å². The standard InChI is InChI=1S/C14H16N2O3/c1-2-11(14(18)19)16-13(17)7-9-8-15-12-6-4-3-5-10(9)12/h3-6,8,11,15H,2,7H2,1H3,(H,16,17)(H,18,19). The molecule has 0 aliphatic heterocycles. The number of aliphatic carboxylic acids is 1. The Labute approximate surface area is 110 Å². The highest BCUT2D eigenvalue weighted by Crippen LogP contribution is 2.17. The zero-order valence-corrected chi connectivity index (χ0v) is 10.6. The number of carbonyl (C=O) groups is 2. The number of benzene rings is 1. The molecule has 0 aliphatic rings. The minimum atomic E-state index is -1.00. The average Bonchev–Trinajstić information content (AvgIpc) is 2.79. The average molecular weight is 260 g/mol. The number of H-pyrrole nitrogens is 1. The Morgan fingerprint density at radius 1 is 1.37 bits per heavy atom. The molecule has 0 saturated heterocycles. The fourth-order valence-electron chi connectivity index (χ4n) is 2.03. The number of rotatable bonds is 5. The maximum Gasteiger partial charge on any atom is 0.326 e. The van der Waals surface area contributed by atoms with E-state index in [0.717, 1.165) is 16.5 Å². The van der Waals surface area contributed by atoms with Gasteiger partial charge in [0, 0.05) is 17.1 Å². The van der Waals surface area contributed by atoms with Crippen molar-refractivity contribution in [2.75, 3.05) is 0 Å². The maximum atomic E-state index is 11.8. The second kappa shape index (κ2) is 5.56. The number of fused-ring (bicyclic) bond motifs is 1. The molecule has 2 rings (SSSR count). The third-order valence-electron chi connectivity index (χ3n) is 3.07. The Bertz CT molecular complexity index is 604. The molecule has 0 saturated carbocycles. The highest BCUT2D eigenvalue weighted by molar-refractivity contribution is 5.90. The molecule has 1 unspecified atom stereocenters. The Kier molecular flexibility index (Phi) is 3.85.